The highest BCUT2D eigenvalue weighted by Gasteiger charge is 2.17. The van der Waals surface area contributed by atoms with Gasteiger partial charge in [0.15, 0.2) is 0 Å². The zero-order valence-corrected chi connectivity index (χ0v) is 9.84. The fourth-order valence-corrected chi connectivity index (χ4v) is 1.19. The lowest BCUT2D eigenvalue weighted by Crippen LogP contribution is -2.31. The Kier molecular flexibility index (Phi) is 4.42. The van der Waals surface area contributed by atoms with E-state index in [0.717, 1.165) is 6.42 Å². The minimum absolute atomic E-state index is 0.0936. The van der Waals surface area contributed by atoms with E-state index in [0.29, 0.717) is 12.2 Å². The van der Waals surface area contributed by atoms with Crippen LogP contribution in [0.4, 0.5) is 0 Å². The Hall–Kier alpha value is -1.43. The number of amides is 1. The Labute approximate surface area is 94.7 Å². The van der Waals surface area contributed by atoms with Crippen LogP contribution in [0.15, 0.2) is 6.20 Å². The van der Waals surface area contributed by atoms with Crippen molar-refractivity contribution in [1.82, 2.24) is 20.3 Å². The standard InChI is InChI=1S/C10H18N4O2/c1-4-5-11-10(16)7(2)14-6-9(8(3)15)12-13-14/h6-8,15H,4-5H2,1-3H3,(H,11,16). The highest BCUT2D eigenvalue weighted by molar-refractivity contribution is 5.79. The molecule has 2 atom stereocenters. The van der Waals surface area contributed by atoms with Crippen molar-refractivity contribution in [3.05, 3.63) is 11.9 Å². The van der Waals surface area contributed by atoms with Gasteiger partial charge in [-0.15, -0.1) is 5.10 Å². The second-order valence-electron chi connectivity index (χ2n) is 3.77. The van der Waals surface area contributed by atoms with Gasteiger partial charge in [0.1, 0.15) is 11.7 Å². The van der Waals surface area contributed by atoms with Crippen LogP contribution in [0.3, 0.4) is 0 Å². The topological polar surface area (TPSA) is 80.0 Å². The lowest BCUT2D eigenvalue weighted by atomic mass is 10.3. The van der Waals surface area contributed by atoms with Gasteiger partial charge in [-0.2, -0.15) is 0 Å². The molecule has 0 saturated carbocycles. The zero-order valence-electron chi connectivity index (χ0n) is 9.84. The van der Waals surface area contributed by atoms with Gasteiger partial charge >= 0.3 is 0 Å². The number of hydrogen-bond donors (Lipinski definition) is 2. The van der Waals surface area contributed by atoms with Gasteiger partial charge in [0.05, 0.1) is 12.3 Å². The summed E-state index contributed by atoms with van der Waals surface area (Å²) in [5.74, 6) is -0.0936. The summed E-state index contributed by atoms with van der Waals surface area (Å²) in [6.07, 6.45) is 1.81. The van der Waals surface area contributed by atoms with Crippen LogP contribution >= 0.6 is 0 Å². The van der Waals surface area contributed by atoms with E-state index in [1.807, 2.05) is 6.92 Å². The van der Waals surface area contributed by atoms with Crippen molar-refractivity contribution in [1.29, 1.82) is 0 Å². The largest absolute Gasteiger partial charge is 0.387 e. The van der Waals surface area contributed by atoms with Crippen molar-refractivity contribution < 1.29 is 9.90 Å². The number of carbonyl (C=O) groups is 1. The zero-order chi connectivity index (χ0) is 12.1. The molecule has 1 aromatic rings. The third-order valence-electron chi connectivity index (χ3n) is 2.28. The van der Waals surface area contributed by atoms with Crippen LogP contribution in [0.1, 0.15) is 45.0 Å². The minimum atomic E-state index is -0.667. The van der Waals surface area contributed by atoms with Gasteiger partial charge in [-0.3, -0.25) is 4.79 Å². The second-order valence-corrected chi connectivity index (χ2v) is 3.77. The monoisotopic (exact) mass is 226 g/mol. The second kappa shape index (κ2) is 5.60. The van der Waals surface area contributed by atoms with Crippen molar-refractivity contribution >= 4 is 5.91 Å². The van der Waals surface area contributed by atoms with Crippen molar-refractivity contribution in [2.75, 3.05) is 6.54 Å². The number of rotatable bonds is 5. The summed E-state index contributed by atoms with van der Waals surface area (Å²) in [5.41, 5.74) is 0.468. The van der Waals surface area contributed by atoms with E-state index in [9.17, 15) is 9.90 Å². The molecule has 0 saturated heterocycles. The maximum Gasteiger partial charge on any atom is 0.244 e. The van der Waals surface area contributed by atoms with E-state index in [1.54, 1.807) is 20.0 Å². The van der Waals surface area contributed by atoms with Crippen LogP contribution in [0.25, 0.3) is 0 Å². The van der Waals surface area contributed by atoms with Crippen LogP contribution in [0.5, 0.6) is 0 Å². The Bertz CT molecular complexity index is 348. The number of carbonyl (C=O) groups excluding carboxylic acids is 1. The predicted octanol–water partition coefficient (Wildman–Crippen LogP) is 0.419. The lowest BCUT2D eigenvalue weighted by molar-refractivity contribution is -0.124. The van der Waals surface area contributed by atoms with Gasteiger partial charge in [0.2, 0.25) is 5.91 Å². The Balaban J connectivity index is 2.64. The van der Waals surface area contributed by atoms with E-state index in [1.165, 1.54) is 4.68 Å². The molecule has 1 aromatic heterocycles. The molecule has 0 aromatic carbocycles. The van der Waals surface area contributed by atoms with Crippen LogP contribution in [-0.4, -0.2) is 32.6 Å². The molecule has 0 aliphatic rings. The van der Waals surface area contributed by atoms with Gasteiger partial charge in [0.25, 0.3) is 0 Å². The van der Waals surface area contributed by atoms with E-state index in [2.05, 4.69) is 15.6 Å². The molecular formula is C10H18N4O2. The maximum atomic E-state index is 11.6. The van der Waals surface area contributed by atoms with Gasteiger partial charge in [-0.05, 0) is 20.3 Å². The molecule has 90 valence electrons. The molecule has 0 fully saturated rings. The summed E-state index contributed by atoms with van der Waals surface area (Å²) < 4.78 is 1.45. The average Bonchev–Trinajstić information content (AvgIpc) is 2.74. The first-order valence-corrected chi connectivity index (χ1v) is 5.43. The Morgan fingerprint density at radius 1 is 1.62 bits per heavy atom. The molecule has 6 nitrogen and oxygen atoms in total. The predicted molar refractivity (Wildman–Crippen MR) is 58.7 cm³/mol. The molecule has 1 heterocycles. The molecular weight excluding hydrogens is 208 g/mol. The number of aliphatic hydroxyl groups is 1. The van der Waals surface area contributed by atoms with Crippen molar-refractivity contribution in [2.24, 2.45) is 0 Å². The molecule has 0 aliphatic heterocycles. The lowest BCUT2D eigenvalue weighted by Gasteiger charge is -2.10. The first-order valence-electron chi connectivity index (χ1n) is 5.43. The number of hydrogen-bond acceptors (Lipinski definition) is 4. The van der Waals surface area contributed by atoms with Crippen LogP contribution in [0.2, 0.25) is 0 Å². The minimum Gasteiger partial charge on any atom is -0.387 e. The summed E-state index contributed by atoms with van der Waals surface area (Å²) in [6.45, 7) is 5.99. The molecule has 0 spiro atoms. The molecule has 2 unspecified atom stereocenters. The summed E-state index contributed by atoms with van der Waals surface area (Å²) in [5, 5.41) is 19.7. The quantitative estimate of drug-likeness (QED) is 0.762. The van der Waals surface area contributed by atoms with E-state index < -0.39 is 12.1 Å². The van der Waals surface area contributed by atoms with Crippen LogP contribution in [0, 0.1) is 0 Å². The molecule has 1 rings (SSSR count). The highest BCUT2D eigenvalue weighted by atomic mass is 16.3. The van der Waals surface area contributed by atoms with E-state index in [4.69, 9.17) is 0 Å². The van der Waals surface area contributed by atoms with Gasteiger partial charge in [0, 0.05) is 6.54 Å². The Morgan fingerprint density at radius 2 is 2.31 bits per heavy atom. The van der Waals surface area contributed by atoms with Crippen molar-refractivity contribution in [3.8, 4) is 0 Å². The summed E-state index contributed by atoms with van der Waals surface area (Å²) in [4.78, 5) is 11.6. The van der Waals surface area contributed by atoms with Crippen LogP contribution in [-0.2, 0) is 4.79 Å². The fourth-order valence-electron chi connectivity index (χ4n) is 1.19. The maximum absolute atomic E-state index is 11.6. The molecule has 2 N–H and O–H groups in total. The summed E-state index contributed by atoms with van der Waals surface area (Å²) in [6, 6.07) is -0.411. The number of aromatic nitrogens is 3. The molecule has 0 bridgehead atoms. The third kappa shape index (κ3) is 3.03. The Morgan fingerprint density at radius 3 is 2.81 bits per heavy atom. The van der Waals surface area contributed by atoms with Gasteiger partial charge in [-0.1, -0.05) is 12.1 Å². The number of aliphatic hydroxyl groups excluding tert-OH is 1. The van der Waals surface area contributed by atoms with Crippen molar-refractivity contribution in [2.45, 2.75) is 39.3 Å². The summed E-state index contributed by atoms with van der Waals surface area (Å²) >= 11 is 0. The first-order chi connectivity index (χ1) is 7.56. The van der Waals surface area contributed by atoms with E-state index >= 15 is 0 Å². The molecule has 0 radical (unpaired) electrons. The SMILES string of the molecule is CCCNC(=O)C(C)n1cc(C(C)O)nn1. The van der Waals surface area contributed by atoms with E-state index in [-0.39, 0.29) is 5.91 Å². The van der Waals surface area contributed by atoms with Gasteiger partial charge in [-0.25, -0.2) is 4.68 Å². The number of nitrogens with zero attached hydrogens (tertiary/aromatic N) is 3. The molecule has 6 heteroatoms. The smallest absolute Gasteiger partial charge is 0.244 e. The number of nitrogens with one attached hydrogen (secondary N) is 1. The molecule has 16 heavy (non-hydrogen) atoms. The average molecular weight is 226 g/mol. The molecule has 0 aliphatic carbocycles. The van der Waals surface area contributed by atoms with Crippen LogP contribution < -0.4 is 5.32 Å². The third-order valence-corrected chi connectivity index (χ3v) is 2.28. The normalized spacial score (nSPS) is 14.5. The molecule has 1 amide bonds. The highest BCUT2D eigenvalue weighted by Crippen LogP contribution is 2.10. The summed E-state index contributed by atoms with van der Waals surface area (Å²) in [7, 11) is 0. The fraction of sp³-hybridized carbons (Fsp3) is 0.700. The van der Waals surface area contributed by atoms with Crippen molar-refractivity contribution in [3.63, 3.8) is 0 Å². The van der Waals surface area contributed by atoms with Gasteiger partial charge < -0.3 is 10.4 Å². The first kappa shape index (κ1) is 12.6.